The maximum atomic E-state index is 5.71. The molecule has 0 fully saturated rings. The first-order valence-corrected chi connectivity index (χ1v) is 6.33. The minimum absolute atomic E-state index is 0.604. The second-order valence-corrected chi connectivity index (χ2v) is 4.82. The fraction of sp³-hybridized carbons (Fsp3) is 0.154. The maximum absolute atomic E-state index is 5.71. The van der Waals surface area contributed by atoms with Crippen molar-refractivity contribution < 1.29 is 4.42 Å². The minimum atomic E-state index is 0.604. The van der Waals surface area contributed by atoms with Gasteiger partial charge in [0.2, 0.25) is 0 Å². The highest BCUT2D eigenvalue weighted by Gasteiger charge is 2.09. The number of nitrogens with two attached hydrogens (primary N) is 1. The zero-order valence-corrected chi connectivity index (χ0v) is 10.0. The number of hydrogen-bond acceptors (Lipinski definition) is 4. The van der Waals surface area contributed by atoms with Gasteiger partial charge >= 0.3 is 0 Å². The molecule has 2 heterocycles. The molecule has 1 aromatic carbocycles. The zero-order valence-electron chi connectivity index (χ0n) is 9.22. The third-order valence-corrected chi connectivity index (χ3v) is 3.61. The monoisotopic (exact) mass is 244 g/mol. The fourth-order valence-electron chi connectivity index (χ4n) is 1.75. The Bertz CT molecular complexity index is 608. The number of benzene rings is 1. The molecular formula is C13H12N2OS. The molecule has 4 heteroatoms. The van der Waals surface area contributed by atoms with Gasteiger partial charge in [-0.25, -0.2) is 4.98 Å². The van der Waals surface area contributed by atoms with Gasteiger partial charge in [0.25, 0.3) is 0 Å². The van der Waals surface area contributed by atoms with Crippen LogP contribution in [0, 0.1) is 0 Å². The van der Waals surface area contributed by atoms with Gasteiger partial charge in [0, 0.05) is 6.42 Å². The Morgan fingerprint density at radius 3 is 2.88 bits per heavy atom. The van der Waals surface area contributed by atoms with Crippen molar-refractivity contribution in [2.75, 3.05) is 6.54 Å². The van der Waals surface area contributed by atoms with E-state index in [-0.39, 0.29) is 0 Å². The van der Waals surface area contributed by atoms with E-state index in [1.807, 2.05) is 30.3 Å². The summed E-state index contributed by atoms with van der Waals surface area (Å²) >= 11 is 1.65. The topological polar surface area (TPSA) is 52.0 Å². The smallest absolute Gasteiger partial charge is 0.162 e. The van der Waals surface area contributed by atoms with E-state index in [1.54, 1.807) is 11.3 Å². The van der Waals surface area contributed by atoms with Crippen molar-refractivity contribution in [2.24, 2.45) is 5.73 Å². The summed E-state index contributed by atoms with van der Waals surface area (Å²) in [7, 11) is 0. The van der Waals surface area contributed by atoms with Gasteiger partial charge in [-0.2, -0.15) is 0 Å². The summed E-state index contributed by atoms with van der Waals surface area (Å²) in [4.78, 5) is 4.55. The number of furan rings is 1. The molecule has 3 nitrogen and oxygen atoms in total. The first-order valence-electron chi connectivity index (χ1n) is 5.51. The summed E-state index contributed by atoms with van der Waals surface area (Å²) in [5.41, 5.74) is 6.51. The Kier molecular flexibility index (Phi) is 2.66. The lowest BCUT2D eigenvalue weighted by atomic mass is 10.3. The molecule has 0 saturated heterocycles. The van der Waals surface area contributed by atoms with Gasteiger partial charge in [0.05, 0.1) is 10.2 Å². The molecule has 2 aromatic heterocycles. The lowest BCUT2D eigenvalue weighted by Crippen LogP contribution is -2.01. The highest BCUT2D eigenvalue weighted by Crippen LogP contribution is 2.30. The Morgan fingerprint density at radius 2 is 2.06 bits per heavy atom. The SMILES string of the molecule is NCCc1ccc(-c2nc3ccccc3s2)o1. The van der Waals surface area contributed by atoms with Crippen LogP contribution >= 0.6 is 11.3 Å². The molecule has 0 amide bonds. The third kappa shape index (κ3) is 1.97. The van der Waals surface area contributed by atoms with Crippen LogP contribution in [0.1, 0.15) is 5.76 Å². The van der Waals surface area contributed by atoms with Crippen molar-refractivity contribution >= 4 is 21.6 Å². The number of aromatic nitrogens is 1. The van der Waals surface area contributed by atoms with E-state index in [1.165, 1.54) is 4.70 Å². The van der Waals surface area contributed by atoms with E-state index in [2.05, 4.69) is 11.1 Å². The minimum Gasteiger partial charge on any atom is -0.459 e. The number of nitrogens with zero attached hydrogens (tertiary/aromatic N) is 1. The molecule has 0 spiro atoms. The molecule has 0 saturated carbocycles. The van der Waals surface area contributed by atoms with Crippen molar-refractivity contribution in [2.45, 2.75) is 6.42 Å². The molecule has 0 radical (unpaired) electrons. The lowest BCUT2D eigenvalue weighted by Gasteiger charge is -1.91. The van der Waals surface area contributed by atoms with Crippen molar-refractivity contribution in [3.63, 3.8) is 0 Å². The molecular weight excluding hydrogens is 232 g/mol. The summed E-state index contributed by atoms with van der Waals surface area (Å²) < 4.78 is 6.89. The molecule has 86 valence electrons. The van der Waals surface area contributed by atoms with E-state index < -0.39 is 0 Å². The Labute approximate surface area is 103 Å². The van der Waals surface area contributed by atoms with E-state index in [4.69, 9.17) is 10.2 Å². The highest BCUT2D eigenvalue weighted by atomic mass is 32.1. The molecule has 0 aliphatic carbocycles. The number of fused-ring (bicyclic) bond motifs is 1. The van der Waals surface area contributed by atoms with Crippen molar-refractivity contribution in [3.8, 4) is 10.8 Å². The number of para-hydroxylation sites is 1. The molecule has 17 heavy (non-hydrogen) atoms. The third-order valence-electron chi connectivity index (χ3n) is 2.56. The summed E-state index contributed by atoms with van der Waals surface area (Å²) in [6.07, 6.45) is 0.769. The van der Waals surface area contributed by atoms with Gasteiger partial charge < -0.3 is 10.2 Å². The summed E-state index contributed by atoms with van der Waals surface area (Å²) in [5.74, 6) is 1.75. The molecule has 0 aliphatic heterocycles. The summed E-state index contributed by atoms with van der Waals surface area (Å²) in [5, 5.41) is 0.925. The Morgan fingerprint density at radius 1 is 1.18 bits per heavy atom. The van der Waals surface area contributed by atoms with Crippen LogP contribution in [0.3, 0.4) is 0 Å². The van der Waals surface area contributed by atoms with E-state index in [0.29, 0.717) is 6.54 Å². The Hall–Kier alpha value is -1.65. The van der Waals surface area contributed by atoms with Gasteiger partial charge in [-0.05, 0) is 30.8 Å². The first kappa shape index (κ1) is 10.5. The van der Waals surface area contributed by atoms with E-state index >= 15 is 0 Å². The average molecular weight is 244 g/mol. The number of rotatable bonds is 3. The second-order valence-electron chi connectivity index (χ2n) is 3.79. The molecule has 3 rings (SSSR count). The molecule has 0 atom stereocenters. The quantitative estimate of drug-likeness (QED) is 0.770. The van der Waals surface area contributed by atoms with Crippen LogP contribution in [0.2, 0.25) is 0 Å². The number of hydrogen-bond donors (Lipinski definition) is 1. The van der Waals surface area contributed by atoms with E-state index in [9.17, 15) is 0 Å². The molecule has 0 bridgehead atoms. The van der Waals surface area contributed by atoms with Gasteiger partial charge in [0.15, 0.2) is 10.8 Å². The van der Waals surface area contributed by atoms with E-state index in [0.717, 1.165) is 28.5 Å². The largest absolute Gasteiger partial charge is 0.459 e. The van der Waals surface area contributed by atoms with Crippen LogP contribution in [0.25, 0.3) is 21.0 Å². The van der Waals surface area contributed by atoms with Crippen molar-refractivity contribution in [3.05, 3.63) is 42.2 Å². The van der Waals surface area contributed by atoms with Crippen LogP contribution in [-0.4, -0.2) is 11.5 Å². The molecule has 0 aliphatic rings. The predicted octanol–water partition coefficient (Wildman–Crippen LogP) is 3.06. The highest BCUT2D eigenvalue weighted by molar-refractivity contribution is 7.21. The van der Waals surface area contributed by atoms with Gasteiger partial charge in [-0.3, -0.25) is 0 Å². The molecule has 3 aromatic rings. The number of thiazole rings is 1. The van der Waals surface area contributed by atoms with Gasteiger partial charge in [-0.15, -0.1) is 11.3 Å². The Balaban J connectivity index is 2.01. The van der Waals surface area contributed by atoms with Crippen LogP contribution in [0.15, 0.2) is 40.8 Å². The summed E-state index contributed by atoms with van der Waals surface area (Å²) in [6.45, 7) is 0.604. The molecule has 2 N–H and O–H groups in total. The van der Waals surface area contributed by atoms with Gasteiger partial charge in [0.1, 0.15) is 5.76 Å². The summed E-state index contributed by atoms with van der Waals surface area (Å²) in [6, 6.07) is 12.0. The normalized spacial score (nSPS) is 11.1. The molecule has 0 unspecified atom stereocenters. The van der Waals surface area contributed by atoms with Crippen molar-refractivity contribution in [1.29, 1.82) is 0 Å². The standard InChI is InChI=1S/C13H12N2OS/c14-8-7-9-5-6-11(16-9)13-15-10-3-1-2-4-12(10)17-13/h1-6H,7-8,14H2. The van der Waals surface area contributed by atoms with Crippen LogP contribution < -0.4 is 5.73 Å². The van der Waals surface area contributed by atoms with Crippen molar-refractivity contribution in [1.82, 2.24) is 4.98 Å². The zero-order chi connectivity index (χ0) is 11.7. The maximum Gasteiger partial charge on any atom is 0.162 e. The van der Waals surface area contributed by atoms with Crippen LogP contribution in [0.4, 0.5) is 0 Å². The predicted molar refractivity (Wildman–Crippen MR) is 70.1 cm³/mol. The second kappa shape index (κ2) is 4.31. The van der Waals surface area contributed by atoms with Crippen LogP contribution in [-0.2, 0) is 6.42 Å². The first-order chi connectivity index (χ1) is 8.36. The lowest BCUT2D eigenvalue weighted by molar-refractivity contribution is 0.523. The van der Waals surface area contributed by atoms with Crippen LogP contribution in [0.5, 0.6) is 0 Å². The average Bonchev–Trinajstić information content (AvgIpc) is 2.94. The van der Waals surface area contributed by atoms with Gasteiger partial charge in [-0.1, -0.05) is 12.1 Å². The fourth-order valence-corrected chi connectivity index (χ4v) is 2.67.